The monoisotopic (exact) mass is 454 g/mol. The predicted molar refractivity (Wildman–Crippen MR) is 123 cm³/mol. The Kier molecular flexibility index (Phi) is 7.67. The third kappa shape index (κ3) is 6.16. The van der Waals surface area contributed by atoms with Crippen LogP contribution in [0.3, 0.4) is 0 Å². The highest BCUT2D eigenvalue weighted by Gasteiger charge is 2.19. The van der Waals surface area contributed by atoms with Gasteiger partial charge in [-0.05, 0) is 68.1 Å². The summed E-state index contributed by atoms with van der Waals surface area (Å²) in [6.45, 7) is 2.10. The van der Waals surface area contributed by atoms with Gasteiger partial charge < -0.3 is 29.2 Å². The molecule has 2 amide bonds. The Morgan fingerprint density at radius 3 is 2.45 bits per heavy atom. The molecule has 2 aromatic rings. The van der Waals surface area contributed by atoms with Crippen molar-refractivity contribution in [1.29, 1.82) is 0 Å². The number of ether oxygens (including phenoxy) is 4. The quantitative estimate of drug-likeness (QED) is 0.657. The molecule has 0 spiro atoms. The van der Waals surface area contributed by atoms with Crippen LogP contribution in [0.25, 0.3) is 0 Å². The number of rotatable bonds is 8. The highest BCUT2D eigenvalue weighted by Crippen LogP contribution is 2.29. The van der Waals surface area contributed by atoms with E-state index in [1.165, 1.54) is 20.0 Å². The van der Waals surface area contributed by atoms with Crippen LogP contribution in [0.5, 0.6) is 17.2 Å². The van der Waals surface area contributed by atoms with Gasteiger partial charge in [0.25, 0.3) is 11.8 Å². The average Bonchev–Trinajstić information content (AvgIpc) is 3.37. The van der Waals surface area contributed by atoms with Gasteiger partial charge in [0, 0.05) is 24.3 Å². The minimum atomic E-state index is -0.270. The van der Waals surface area contributed by atoms with Gasteiger partial charge in [0.2, 0.25) is 0 Å². The van der Waals surface area contributed by atoms with Crippen molar-refractivity contribution in [3.8, 4) is 17.2 Å². The average molecular weight is 455 g/mol. The first-order valence-corrected chi connectivity index (χ1v) is 11.4. The molecule has 0 radical (unpaired) electrons. The predicted octanol–water partition coefficient (Wildman–Crippen LogP) is 3.51. The van der Waals surface area contributed by atoms with Crippen molar-refractivity contribution >= 4 is 17.5 Å². The minimum Gasteiger partial charge on any atom is -0.493 e. The van der Waals surface area contributed by atoms with Crippen LogP contribution in [0.2, 0.25) is 0 Å². The second-order valence-corrected chi connectivity index (χ2v) is 8.15. The van der Waals surface area contributed by atoms with Gasteiger partial charge in [0.05, 0.1) is 26.4 Å². The van der Waals surface area contributed by atoms with Gasteiger partial charge in [-0.15, -0.1) is 0 Å². The van der Waals surface area contributed by atoms with Crippen molar-refractivity contribution in [2.45, 2.75) is 31.8 Å². The Bertz CT molecular complexity index is 950. The number of amides is 2. The molecular weight excluding hydrogens is 424 g/mol. The van der Waals surface area contributed by atoms with E-state index in [0.717, 1.165) is 18.6 Å². The van der Waals surface area contributed by atoms with E-state index in [9.17, 15) is 9.59 Å². The van der Waals surface area contributed by atoms with Gasteiger partial charge in [-0.1, -0.05) is 0 Å². The van der Waals surface area contributed by atoms with Crippen LogP contribution in [0.1, 0.15) is 36.0 Å². The summed E-state index contributed by atoms with van der Waals surface area (Å²) in [7, 11) is 1.50. The van der Waals surface area contributed by atoms with Crippen LogP contribution in [0, 0.1) is 0 Å². The van der Waals surface area contributed by atoms with Crippen LogP contribution in [-0.4, -0.2) is 62.8 Å². The van der Waals surface area contributed by atoms with E-state index < -0.39 is 0 Å². The summed E-state index contributed by atoms with van der Waals surface area (Å²) >= 11 is 0. The zero-order chi connectivity index (χ0) is 23.0. The first-order chi connectivity index (χ1) is 16.1. The number of hydrogen-bond acceptors (Lipinski definition) is 6. The normalized spacial score (nSPS) is 16.3. The number of nitrogens with one attached hydrogen (secondary N) is 1. The fourth-order valence-electron chi connectivity index (χ4n) is 3.99. The molecule has 4 rings (SSSR count). The fraction of sp³-hybridized carbons (Fsp3) is 0.440. The molecule has 8 heteroatoms. The van der Waals surface area contributed by atoms with Crippen LogP contribution in [-0.2, 0) is 9.53 Å². The van der Waals surface area contributed by atoms with E-state index in [-0.39, 0.29) is 18.4 Å². The van der Waals surface area contributed by atoms with Crippen molar-refractivity contribution in [3.05, 3.63) is 48.0 Å². The van der Waals surface area contributed by atoms with Crippen LogP contribution in [0.4, 0.5) is 5.69 Å². The van der Waals surface area contributed by atoms with E-state index >= 15 is 0 Å². The van der Waals surface area contributed by atoms with E-state index in [4.69, 9.17) is 18.9 Å². The highest BCUT2D eigenvalue weighted by atomic mass is 16.5. The number of carbonyl (C=O) groups is 2. The molecule has 1 aliphatic carbocycles. The molecule has 176 valence electrons. The molecular formula is C25H30N2O6. The molecule has 8 nitrogen and oxygen atoms in total. The molecule has 0 aromatic heterocycles. The van der Waals surface area contributed by atoms with Crippen molar-refractivity contribution in [2.24, 2.45) is 0 Å². The van der Waals surface area contributed by atoms with Gasteiger partial charge in [-0.3, -0.25) is 9.59 Å². The Morgan fingerprint density at radius 2 is 1.76 bits per heavy atom. The molecule has 2 aromatic carbocycles. The maximum Gasteiger partial charge on any atom is 0.260 e. The van der Waals surface area contributed by atoms with Crippen LogP contribution < -0.4 is 19.5 Å². The number of methoxy groups -OCH3 is 1. The number of morpholine rings is 1. The summed E-state index contributed by atoms with van der Waals surface area (Å²) < 4.78 is 22.3. The summed E-state index contributed by atoms with van der Waals surface area (Å²) in [5.74, 6) is 1.23. The maximum atomic E-state index is 12.7. The Balaban J connectivity index is 1.33. The second-order valence-electron chi connectivity index (χ2n) is 8.15. The van der Waals surface area contributed by atoms with Crippen molar-refractivity contribution in [3.63, 3.8) is 0 Å². The lowest BCUT2D eigenvalue weighted by atomic mass is 10.1. The van der Waals surface area contributed by atoms with Gasteiger partial charge in [0.1, 0.15) is 5.75 Å². The lowest BCUT2D eigenvalue weighted by molar-refractivity contribution is -0.137. The zero-order valence-electron chi connectivity index (χ0n) is 18.9. The SMILES string of the molecule is COc1cc(C(=O)Nc2ccc(OC3CCCC3)cc2)ccc1OCC(=O)N1CCOCC1. The van der Waals surface area contributed by atoms with Gasteiger partial charge in [-0.25, -0.2) is 0 Å². The fourth-order valence-corrected chi connectivity index (χ4v) is 3.99. The second kappa shape index (κ2) is 11.0. The number of nitrogens with zero attached hydrogens (tertiary/aromatic N) is 1. The first kappa shape index (κ1) is 22.9. The van der Waals surface area contributed by atoms with Gasteiger partial charge >= 0.3 is 0 Å². The number of hydrogen-bond donors (Lipinski definition) is 1. The molecule has 1 N–H and O–H groups in total. The summed E-state index contributed by atoms with van der Waals surface area (Å²) in [6.07, 6.45) is 4.93. The van der Waals surface area contributed by atoms with Crippen molar-refractivity contribution in [2.75, 3.05) is 45.3 Å². The third-order valence-electron chi connectivity index (χ3n) is 5.86. The number of carbonyl (C=O) groups excluding carboxylic acids is 2. The topological polar surface area (TPSA) is 86.3 Å². The molecule has 0 bridgehead atoms. The standard InChI is InChI=1S/C25H30N2O6/c1-30-23-16-18(6-11-22(23)32-17-24(28)27-12-14-31-15-13-27)25(29)26-19-7-9-21(10-8-19)33-20-4-2-3-5-20/h6-11,16,20H,2-5,12-15,17H2,1H3,(H,26,29). The molecule has 1 heterocycles. The Hall–Kier alpha value is -3.26. The van der Waals surface area contributed by atoms with Crippen molar-refractivity contribution < 1.29 is 28.5 Å². The van der Waals surface area contributed by atoms with Gasteiger partial charge in [-0.2, -0.15) is 0 Å². The van der Waals surface area contributed by atoms with Crippen LogP contribution in [0.15, 0.2) is 42.5 Å². The smallest absolute Gasteiger partial charge is 0.260 e. The van der Waals surface area contributed by atoms with Crippen LogP contribution >= 0.6 is 0 Å². The first-order valence-electron chi connectivity index (χ1n) is 11.4. The summed E-state index contributed by atoms with van der Waals surface area (Å²) in [5.41, 5.74) is 1.10. The van der Waals surface area contributed by atoms with E-state index in [1.807, 2.05) is 24.3 Å². The van der Waals surface area contributed by atoms with E-state index in [2.05, 4.69) is 5.32 Å². The van der Waals surface area contributed by atoms with Crippen molar-refractivity contribution in [1.82, 2.24) is 4.90 Å². The van der Waals surface area contributed by atoms with E-state index in [1.54, 1.807) is 23.1 Å². The largest absolute Gasteiger partial charge is 0.493 e. The summed E-state index contributed by atoms with van der Waals surface area (Å²) in [4.78, 5) is 26.7. The molecule has 0 unspecified atom stereocenters. The maximum absolute atomic E-state index is 12.7. The summed E-state index contributed by atoms with van der Waals surface area (Å²) in [5, 5.41) is 2.88. The molecule has 1 aliphatic heterocycles. The van der Waals surface area contributed by atoms with Gasteiger partial charge in [0.15, 0.2) is 18.1 Å². The molecule has 1 saturated carbocycles. The molecule has 33 heavy (non-hydrogen) atoms. The summed E-state index contributed by atoms with van der Waals surface area (Å²) in [6, 6.07) is 12.3. The lowest BCUT2D eigenvalue weighted by Gasteiger charge is -2.26. The van der Waals surface area contributed by atoms with E-state index in [0.29, 0.717) is 55.2 Å². The highest BCUT2D eigenvalue weighted by molar-refractivity contribution is 6.04. The Morgan fingerprint density at radius 1 is 1.03 bits per heavy atom. The number of anilines is 1. The zero-order valence-corrected chi connectivity index (χ0v) is 18.9. The molecule has 0 atom stereocenters. The number of benzene rings is 2. The third-order valence-corrected chi connectivity index (χ3v) is 5.86. The molecule has 1 saturated heterocycles. The molecule has 2 fully saturated rings. The minimum absolute atomic E-state index is 0.100. The lowest BCUT2D eigenvalue weighted by Crippen LogP contribution is -2.43. The Labute approximate surface area is 193 Å². The molecule has 2 aliphatic rings.